The monoisotopic (exact) mass is 332 g/mol. The third-order valence-electron chi connectivity index (χ3n) is 3.35. The first-order chi connectivity index (χ1) is 9.31. The van der Waals surface area contributed by atoms with Gasteiger partial charge in [0.05, 0.1) is 0 Å². The molecule has 0 saturated carbocycles. The van der Waals surface area contributed by atoms with Gasteiger partial charge in [-0.05, 0) is 6.92 Å². The van der Waals surface area contributed by atoms with Gasteiger partial charge in [0.25, 0.3) is 16.1 Å². The van der Waals surface area contributed by atoms with Gasteiger partial charge in [-0.15, -0.1) is 0 Å². The first kappa shape index (κ1) is 18.1. The van der Waals surface area contributed by atoms with E-state index in [0.717, 1.165) is 13.5 Å². The van der Waals surface area contributed by atoms with Crippen LogP contribution in [-0.2, 0) is 15.0 Å². The molecule has 124 valence electrons. The summed E-state index contributed by atoms with van der Waals surface area (Å²) in [4.78, 5) is 12.8. The van der Waals surface area contributed by atoms with Crippen molar-refractivity contribution in [2.24, 2.45) is 5.73 Å². The molecule has 0 spiro atoms. The number of carbonyl (C=O) groups excluding carboxylic acids is 1. The lowest BCUT2D eigenvalue weighted by molar-refractivity contribution is -0.194. The molecule has 0 aromatic rings. The number of nitrogens with zero attached hydrogens (tertiary/aromatic N) is 3. The van der Waals surface area contributed by atoms with Crippen LogP contribution < -0.4 is 5.73 Å². The quantitative estimate of drug-likeness (QED) is 0.734. The number of hydrogen-bond acceptors (Lipinski definition) is 4. The molecule has 1 aliphatic heterocycles. The Labute approximate surface area is 121 Å². The minimum absolute atomic E-state index is 0.0693. The zero-order valence-corrected chi connectivity index (χ0v) is 12.8. The van der Waals surface area contributed by atoms with Crippen LogP contribution in [0.1, 0.15) is 6.92 Å². The molecule has 0 aromatic carbocycles. The van der Waals surface area contributed by atoms with E-state index in [9.17, 15) is 26.4 Å². The zero-order chi connectivity index (χ0) is 16.6. The Morgan fingerprint density at radius 1 is 1.14 bits per heavy atom. The second-order valence-corrected chi connectivity index (χ2v) is 7.32. The van der Waals surface area contributed by atoms with E-state index in [2.05, 4.69) is 0 Å². The van der Waals surface area contributed by atoms with E-state index in [4.69, 9.17) is 5.73 Å². The summed E-state index contributed by atoms with van der Waals surface area (Å²) in [5.41, 5.74) is 2.10. The normalized spacial score (nSPS) is 21.4. The molecule has 7 nitrogen and oxygen atoms in total. The molecule has 1 unspecified atom stereocenters. The van der Waals surface area contributed by atoms with Gasteiger partial charge in [0.1, 0.15) is 0 Å². The fourth-order valence-electron chi connectivity index (χ4n) is 1.80. The third kappa shape index (κ3) is 3.47. The fourth-order valence-corrected chi connectivity index (χ4v) is 2.89. The molecule has 0 aliphatic carbocycles. The lowest BCUT2D eigenvalue weighted by atomic mass is 10.0. The molecule has 1 atom stereocenters. The van der Waals surface area contributed by atoms with Gasteiger partial charge in [-0.3, -0.25) is 4.79 Å². The van der Waals surface area contributed by atoms with Crippen LogP contribution in [0.2, 0.25) is 0 Å². The standard InChI is InChI=1S/C10H19F3N4O3S/c1-9(14,10(11,12)13)8(18)16-4-6-17(7-5-16)21(19,20)15(2)3/h4-7,14H2,1-3H3. The van der Waals surface area contributed by atoms with Gasteiger partial charge < -0.3 is 10.6 Å². The van der Waals surface area contributed by atoms with E-state index in [1.165, 1.54) is 14.1 Å². The highest BCUT2D eigenvalue weighted by atomic mass is 32.2. The van der Waals surface area contributed by atoms with E-state index in [1.807, 2.05) is 0 Å². The summed E-state index contributed by atoms with van der Waals surface area (Å²) in [6.45, 7) is 0.211. The van der Waals surface area contributed by atoms with E-state index in [-0.39, 0.29) is 26.2 Å². The lowest BCUT2D eigenvalue weighted by Gasteiger charge is -2.38. The molecule has 0 radical (unpaired) electrons. The van der Waals surface area contributed by atoms with Gasteiger partial charge >= 0.3 is 6.18 Å². The summed E-state index contributed by atoms with van der Waals surface area (Å²) in [6, 6.07) is 0. The molecule has 1 aliphatic rings. The van der Waals surface area contributed by atoms with Crippen LogP contribution in [0, 0.1) is 0 Å². The van der Waals surface area contributed by atoms with Crippen molar-refractivity contribution in [3.8, 4) is 0 Å². The van der Waals surface area contributed by atoms with Crippen molar-refractivity contribution in [2.75, 3.05) is 40.3 Å². The highest BCUT2D eigenvalue weighted by Crippen LogP contribution is 2.30. The van der Waals surface area contributed by atoms with Crippen LogP contribution in [0.3, 0.4) is 0 Å². The largest absolute Gasteiger partial charge is 0.415 e. The summed E-state index contributed by atoms with van der Waals surface area (Å²) < 4.78 is 64.0. The van der Waals surface area contributed by atoms with Crippen LogP contribution in [-0.4, -0.2) is 79.8 Å². The Balaban J connectivity index is 2.77. The summed E-state index contributed by atoms with van der Waals surface area (Å²) in [5, 5.41) is 0. The number of amides is 1. The number of alkyl halides is 3. The van der Waals surface area contributed by atoms with Crippen LogP contribution in [0.4, 0.5) is 13.2 Å². The van der Waals surface area contributed by atoms with Crippen LogP contribution in [0.15, 0.2) is 0 Å². The molecule has 0 bridgehead atoms. The average Bonchev–Trinajstić information content (AvgIpc) is 2.36. The summed E-state index contributed by atoms with van der Waals surface area (Å²) >= 11 is 0. The van der Waals surface area contributed by atoms with Gasteiger partial charge in [0, 0.05) is 40.3 Å². The number of carbonyl (C=O) groups is 1. The Hall–Kier alpha value is -0.910. The zero-order valence-electron chi connectivity index (χ0n) is 12.0. The SMILES string of the molecule is CN(C)S(=O)(=O)N1CCN(C(=O)C(C)(N)C(F)(F)F)CC1. The molecule has 1 amide bonds. The van der Waals surface area contributed by atoms with Crippen LogP contribution in [0.25, 0.3) is 0 Å². The predicted molar refractivity (Wildman–Crippen MR) is 69.4 cm³/mol. The number of piperazine rings is 1. The smallest absolute Gasteiger partial charge is 0.338 e. The fraction of sp³-hybridized carbons (Fsp3) is 0.900. The van der Waals surface area contributed by atoms with Crippen molar-refractivity contribution in [1.82, 2.24) is 13.5 Å². The Bertz CT molecular complexity index is 496. The van der Waals surface area contributed by atoms with Crippen molar-refractivity contribution in [3.63, 3.8) is 0 Å². The number of halogens is 3. The van der Waals surface area contributed by atoms with Crippen molar-refractivity contribution in [3.05, 3.63) is 0 Å². The van der Waals surface area contributed by atoms with Gasteiger partial charge in [-0.1, -0.05) is 0 Å². The van der Waals surface area contributed by atoms with Gasteiger partial charge in [0.2, 0.25) is 0 Å². The first-order valence-electron chi connectivity index (χ1n) is 6.14. The predicted octanol–water partition coefficient (Wildman–Crippen LogP) is -0.783. The second-order valence-electron chi connectivity index (χ2n) is 5.18. The minimum atomic E-state index is -4.86. The molecule has 11 heteroatoms. The van der Waals surface area contributed by atoms with E-state index in [1.54, 1.807) is 0 Å². The molecule has 0 aromatic heterocycles. The third-order valence-corrected chi connectivity index (χ3v) is 5.29. The van der Waals surface area contributed by atoms with Crippen LogP contribution >= 0.6 is 0 Å². The maximum atomic E-state index is 12.7. The summed E-state index contributed by atoms with van der Waals surface area (Å²) in [7, 11) is -0.928. The topological polar surface area (TPSA) is 87.0 Å². The van der Waals surface area contributed by atoms with Crippen molar-refractivity contribution in [2.45, 2.75) is 18.6 Å². The number of rotatable bonds is 3. The first-order valence-corrected chi connectivity index (χ1v) is 7.54. The highest BCUT2D eigenvalue weighted by Gasteiger charge is 2.55. The van der Waals surface area contributed by atoms with E-state index >= 15 is 0 Å². The minimum Gasteiger partial charge on any atom is -0.338 e. The Morgan fingerprint density at radius 2 is 1.57 bits per heavy atom. The molecule has 21 heavy (non-hydrogen) atoms. The summed E-state index contributed by atoms with van der Waals surface area (Å²) in [6.07, 6.45) is -4.86. The Kier molecular flexibility index (Phi) is 4.93. The van der Waals surface area contributed by atoms with Gasteiger partial charge in [-0.25, -0.2) is 0 Å². The van der Waals surface area contributed by atoms with Gasteiger partial charge in [-0.2, -0.15) is 30.2 Å². The highest BCUT2D eigenvalue weighted by molar-refractivity contribution is 7.86. The maximum absolute atomic E-state index is 12.7. The second kappa shape index (κ2) is 5.71. The number of nitrogens with two attached hydrogens (primary N) is 1. The average molecular weight is 332 g/mol. The van der Waals surface area contributed by atoms with E-state index < -0.39 is 27.8 Å². The Morgan fingerprint density at radius 3 is 1.90 bits per heavy atom. The van der Waals surface area contributed by atoms with Crippen molar-refractivity contribution in [1.29, 1.82) is 0 Å². The molecule has 1 saturated heterocycles. The maximum Gasteiger partial charge on any atom is 0.415 e. The van der Waals surface area contributed by atoms with E-state index in [0.29, 0.717) is 6.92 Å². The van der Waals surface area contributed by atoms with Crippen molar-refractivity contribution >= 4 is 16.1 Å². The van der Waals surface area contributed by atoms with Crippen LogP contribution in [0.5, 0.6) is 0 Å². The molecule has 1 heterocycles. The van der Waals surface area contributed by atoms with Crippen molar-refractivity contribution < 1.29 is 26.4 Å². The molecular formula is C10H19F3N4O3S. The molecule has 1 fully saturated rings. The lowest BCUT2D eigenvalue weighted by Crippen LogP contribution is -2.65. The molecule has 1 rings (SSSR count). The molecular weight excluding hydrogens is 313 g/mol. The molecule has 2 N–H and O–H groups in total. The summed E-state index contributed by atoms with van der Waals surface area (Å²) in [5.74, 6) is -1.25. The van der Waals surface area contributed by atoms with Gasteiger partial charge in [0.15, 0.2) is 5.54 Å². The number of hydrogen-bond donors (Lipinski definition) is 1.